The van der Waals surface area contributed by atoms with Crippen LogP contribution in [0.3, 0.4) is 0 Å². The van der Waals surface area contributed by atoms with E-state index in [2.05, 4.69) is 12.0 Å². The fourth-order valence-electron chi connectivity index (χ4n) is 3.97. The summed E-state index contributed by atoms with van der Waals surface area (Å²) >= 11 is 0. The van der Waals surface area contributed by atoms with E-state index in [1.807, 2.05) is 32.0 Å². The molecule has 3 rings (SSSR count). The largest absolute Gasteiger partial charge is 0.300 e. The van der Waals surface area contributed by atoms with Crippen molar-refractivity contribution >= 4 is 21.5 Å². The molecule has 1 aliphatic heterocycles. The monoisotopic (exact) mass is 445 g/mol. The minimum absolute atomic E-state index is 0.200. The fraction of sp³-hybridized carbons (Fsp3) is 0.522. The second-order valence-corrected chi connectivity index (χ2v) is 10.8. The molecular weight excluding hydrogens is 414 g/mol. The lowest BCUT2D eigenvalue weighted by atomic mass is 9.86. The summed E-state index contributed by atoms with van der Waals surface area (Å²) < 4.78 is 27.2. The smallest absolute Gasteiger partial charge is 0.266 e. The Hall–Kier alpha value is -2.48. The molecule has 2 aromatic rings. The van der Waals surface area contributed by atoms with Gasteiger partial charge in [0.05, 0.1) is 17.6 Å². The van der Waals surface area contributed by atoms with Crippen LogP contribution < -0.4 is 9.86 Å². The predicted octanol–water partition coefficient (Wildman–Crippen LogP) is 3.51. The van der Waals surface area contributed by atoms with Gasteiger partial charge in [0.15, 0.2) is 0 Å². The minimum atomic E-state index is -3.36. The van der Waals surface area contributed by atoms with Crippen molar-refractivity contribution in [3.63, 3.8) is 0 Å². The van der Waals surface area contributed by atoms with Crippen LogP contribution in [0.1, 0.15) is 58.4 Å². The molecule has 0 aliphatic carbocycles. The number of carbonyl (C=O) groups excluding carboxylic acids is 1. The van der Waals surface area contributed by atoms with Gasteiger partial charge in [-0.1, -0.05) is 33.3 Å². The Labute approximate surface area is 184 Å². The first-order valence-corrected chi connectivity index (χ1v) is 12.6. The van der Waals surface area contributed by atoms with E-state index in [0.29, 0.717) is 43.7 Å². The Balaban J connectivity index is 1.84. The number of nitrogens with zero attached hydrogens (tertiary/aromatic N) is 3. The van der Waals surface area contributed by atoms with E-state index in [1.54, 1.807) is 6.07 Å². The number of aryl methyl sites for hydroxylation is 1. The number of carbonyl (C=O) groups is 1. The number of benzene rings is 1. The normalized spacial score (nSPS) is 15.2. The lowest BCUT2D eigenvalue weighted by molar-refractivity contribution is -0.119. The molecule has 31 heavy (non-hydrogen) atoms. The Morgan fingerprint density at radius 3 is 2.52 bits per heavy atom. The molecule has 0 spiro atoms. The second kappa shape index (κ2) is 8.94. The molecule has 0 fully saturated rings. The lowest BCUT2D eigenvalue weighted by Gasteiger charge is -2.20. The van der Waals surface area contributed by atoms with Crippen molar-refractivity contribution in [2.24, 2.45) is 0 Å². The third kappa shape index (κ3) is 5.23. The maximum atomic E-state index is 12.2. The Bertz CT molecular complexity index is 1140. The summed E-state index contributed by atoms with van der Waals surface area (Å²) in [5.41, 5.74) is 2.58. The van der Waals surface area contributed by atoms with Gasteiger partial charge in [-0.3, -0.25) is 13.9 Å². The van der Waals surface area contributed by atoms with Gasteiger partial charge in [-0.15, -0.1) is 0 Å². The van der Waals surface area contributed by atoms with Crippen molar-refractivity contribution in [3.05, 3.63) is 46.2 Å². The van der Waals surface area contributed by atoms with Crippen LogP contribution in [0.2, 0.25) is 0 Å². The lowest BCUT2D eigenvalue weighted by Crippen LogP contribution is -2.32. The first-order chi connectivity index (χ1) is 14.5. The van der Waals surface area contributed by atoms with Gasteiger partial charge >= 0.3 is 0 Å². The summed E-state index contributed by atoms with van der Waals surface area (Å²) in [6.07, 6.45) is 4.74. The summed E-state index contributed by atoms with van der Waals surface area (Å²) in [5, 5.41) is 4.50. The van der Waals surface area contributed by atoms with E-state index in [0.717, 1.165) is 24.0 Å². The van der Waals surface area contributed by atoms with Crippen LogP contribution in [0, 0.1) is 0 Å². The van der Waals surface area contributed by atoms with Crippen molar-refractivity contribution in [2.45, 2.75) is 64.8 Å². The molecular formula is C23H31N3O4S. The van der Waals surface area contributed by atoms with Crippen molar-refractivity contribution in [2.75, 3.05) is 17.1 Å². The molecule has 1 aromatic carbocycles. The number of fused-ring (bicyclic) bond motifs is 1. The number of aromatic nitrogens is 2. The average Bonchev–Trinajstić information content (AvgIpc) is 2.98. The van der Waals surface area contributed by atoms with Crippen LogP contribution in [0.4, 0.5) is 5.69 Å². The van der Waals surface area contributed by atoms with Crippen molar-refractivity contribution in [1.29, 1.82) is 0 Å². The van der Waals surface area contributed by atoms with E-state index in [1.165, 1.54) is 21.3 Å². The topological polar surface area (TPSA) is 89.3 Å². The number of unbranched alkanes of at least 4 members (excludes halogenated alkanes) is 1. The molecule has 168 valence electrons. The molecule has 1 aliphatic rings. The summed E-state index contributed by atoms with van der Waals surface area (Å²) in [7, 11) is -3.36. The van der Waals surface area contributed by atoms with Gasteiger partial charge in [0.1, 0.15) is 5.78 Å². The Morgan fingerprint density at radius 1 is 1.13 bits per heavy atom. The van der Waals surface area contributed by atoms with Gasteiger partial charge in [-0.2, -0.15) is 5.10 Å². The standard InChI is InChI=1S/C23H31N3O4S/c1-5-6-8-18(27)9-7-14-25-22(28)13-11-20(24-25)17-10-12-21-19(15-17)23(2,3)16-26(21)31(4,29)30/h10-13,15H,5-9,14,16H2,1-4H3. The summed E-state index contributed by atoms with van der Waals surface area (Å²) in [6.45, 7) is 6.88. The number of hydrogen-bond acceptors (Lipinski definition) is 5. The van der Waals surface area contributed by atoms with Gasteiger partial charge in [-0.25, -0.2) is 13.1 Å². The molecule has 0 saturated heterocycles. The zero-order chi connectivity index (χ0) is 22.8. The van der Waals surface area contributed by atoms with Crippen LogP contribution in [-0.2, 0) is 26.8 Å². The second-order valence-electron chi connectivity index (χ2n) is 8.91. The minimum Gasteiger partial charge on any atom is -0.300 e. The fourth-order valence-corrected chi connectivity index (χ4v) is 5.04. The van der Waals surface area contributed by atoms with Crippen LogP contribution in [0.25, 0.3) is 11.3 Å². The predicted molar refractivity (Wildman–Crippen MR) is 123 cm³/mol. The molecule has 0 atom stereocenters. The number of Topliss-reactive ketones (excluding diaryl/α,β-unsaturated/α-hetero) is 1. The molecule has 0 N–H and O–H groups in total. The zero-order valence-electron chi connectivity index (χ0n) is 18.7. The molecule has 7 nitrogen and oxygen atoms in total. The molecule has 1 aromatic heterocycles. The van der Waals surface area contributed by atoms with Gasteiger partial charge < -0.3 is 0 Å². The first-order valence-electron chi connectivity index (χ1n) is 10.8. The van der Waals surface area contributed by atoms with Crippen LogP contribution in [-0.4, -0.2) is 36.8 Å². The number of ketones is 1. The first kappa shape index (κ1) is 23.2. The van der Waals surface area contributed by atoms with Crippen molar-refractivity contribution < 1.29 is 13.2 Å². The molecule has 0 unspecified atom stereocenters. The Morgan fingerprint density at radius 2 is 1.84 bits per heavy atom. The average molecular weight is 446 g/mol. The number of anilines is 1. The van der Waals surface area contributed by atoms with E-state index in [4.69, 9.17) is 0 Å². The van der Waals surface area contributed by atoms with Crippen LogP contribution in [0.5, 0.6) is 0 Å². The van der Waals surface area contributed by atoms with E-state index < -0.39 is 10.0 Å². The van der Waals surface area contributed by atoms with Gasteiger partial charge in [0, 0.05) is 43.0 Å². The highest BCUT2D eigenvalue weighted by atomic mass is 32.2. The molecule has 0 saturated carbocycles. The SMILES string of the molecule is CCCCC(=O)CCCn1nc(-c2ccc3c(c2)C(C)(C)CN3S(C)(=O)=O)ccc1=O. The molecule has 8 heteroatoms. The van der Waals surface area contributed by atoms with E-state index >= 15 is 0 Å². The molecule has 2 heterocycles. The summed E-state index contributed by atoms with van der Waals surface area (Å²) in [4.78, 5) is 24.1. The van der Waals surface area contributed by atoms with Crippen LogP contribution >= 0.6 is 0 Å². The molecule has 0 amide bonds. The molecule has 0 radical (unpaired) electrons. The van der Waals surface area contributed by atoms with Gasteiger partial charge in [0.25, 0.3) is 5.56 Å². The van der Waals surface area contributed by atoms with E-state index in [-0.39, 0.29) is 16.8 Å². The maximum absolute atomic E-state index is 12.2. The highest BCUT2D eigenvalue weighted by Crippen LogP contribution is 2.43. The number of rotatable bonds is 9. The highest BCUT2D eigenvalue weighted by Gasteiger charge is 2.39. The van der Waals surface area contributed by atoms with Crippen LogP contribution in [0.15, 0.2) is 35.1 Å². The van der Waals surface area contributed by atoms with Gasteiger partial charge in [-0.05, 0) is 36.6 Å². The number of hydrogen-bond donors (Lipinski definition) is 0. The van der Waals surface area contributed by atoms with Gasteiger partial charge in [0.2, 0.25) is 10.0 Å². The van der Waals surface area contributed by atoms with Crippen molar-refractivity contribution in [1.82, 2.24) is 9.78 Å². The zero-order valence-corrected chi connectivity index (χ0v) is 19.5. The number of sulfonamides is 1. The Kier molecular flexibility index (Phi) is 6.69. The maximum Gasteiger partial charge on any atom is 0.266 e. The van der Waals surface area contributed by atoms with E-state index in [9.17, 15) is 18.0 Å². The quantitative estimate of drug-likeness (QED) is 0.589. The summed E-state index contributed by atoms with van der Waals surface area (Å²) in [5.74, 6) is 0.224. The van der Waals surface area contributed by atoms with Crippen molar-refractivity contribution in [3.8, 4) is 11.3 Å². The third-order valence-electron chi connectivity index (χ3n) is 5.73. The molecule has 0 bridgehead atoms. The summed E-state index contributed by atoms with van der Waals surface area (Å²) in [6, 6.07) is 8.78. The highest BCUT2D eigenvalue weighted by molar-refractivity contribution is 7.92. The third-order valence-corrected chi connectivity index (χ3v) is 6.86.